The molecule has 26 heavy (non-hydrogen) atoms. The van der Waals surface area contributed by atoms with E-state index in [4.69, 9.17) is 4.98 Å². The Labute approximate surface area is 160 Å². The van der Waals surface area contributed by atoms with Crippen LogP contribution in [0.1, 0.15) is 10.6 Å². The van der Waals surface area contributed by atoms with Crippen molar-refractivity contribution < 1.29 is 10.2 Å². The van der Waals surface area contributed by atoms with Gasteiger partial charge in [-0.3, -0.25) is 0 Å². The van der Waals surface area contributed by atoms with E-state index in [-0.39, 0.29) is 11.5 Å². The number of nitrogens with zero attached hydrogens (tertiary/aromatic N) is 1. The van der Waals surface area contributed by atoms with Crippen LogP contribution < -0.4 is 0 Å². The highest BCUT2D eigenvalue weighted by Gasteiger charge is 2.11. The smallest absolute Gasteiger partial charge is 0.158 e. The molecule has 4 aromatic rings. The van der Waals surface area contributed by atoms with Gasteiger partial charge in [0.1, 0.15) is 5.01 Å². The van der Waals surface area contributed by atoms with Gasteiger partial charge in [0.15, 0.2) is 11.5 Å². The van der Waals surface area contributed by atoms with Gasteiger partial charge in [0.25, 0.3) is 0 Å². The minimum absolute atomic E-state index is 0.0899. The fraction of sp³-hybridized carbons (Fsp3) is 0.0952. The van der Waals surface area contributed by atoms with Crippen molar-refractivity contribution in [1.29, 1.82) is 0 Å². The molecule has 0 saturated heterocycles. The normalized spacial score (nSPS) is 11.1. The molecule has 0 radical (unpaired) electrons. The van der Waals surface area contributed by atoms with Crippen LogP contribution in [0.4, 0.5) is 0 Å². The number of benzene rings is 3. The summed E-state index contributed by atoms with van der Waals surface area (Å²) in [5, 5.41) is 22.5. The van der Waals surface area contributed by atoms with Crippen LogP contribution in [0.25, 0.3) is 21.3 Å². The third-order valence-electron chi connectivity index (χ3n) is 4.21. The molecule has 0 amide bonds. The first-order valence-electron chi connectivity index (χ1n) is 8.20. The molecule has 0 bridgehead atoms. The Hall–Kier alpha value is -2.50. The summed E-state index contributed by atoms with van der Waals surface area (Å²) in [6.07, 6.45) is 0. The Morgan fingerprint density at radius 1 is 0.923 bits per heavy atom. The highest BCUT2D eigenvalue weighted by Crippen LogP contribution is 2.36. The van der Waals surface area contributed by atoms with Gasteiger partial charge in [-0.15, -0.1) is 23.1 Å². The molecule has 4 rings (SSSR count). The number of hydrogen-bond acceptors (Lipinski definition) is 5. The maximum Gasteiger partial charge on any atom is 0.158 e. The summed E-state index contributed by atoms with van der Waals surface area (Å²) in [4.78, 5) is 6.88. The average Bonchev–Trinajstić information content (AvgIpc) is 3.03. The Morgan fingerprint density at radius 2 is 1.73 bits per heavy atom. The zero-order valence-electron chi connectivity index (χ0n) is 14.1. The van der Waals surface area contributed by atoms with E-state index < -0.39 is 0 Å². The molecule has 0 atom stereocenters. The number of fused-ring (bicyclic) bond motifs is 1. The summed E-state index contributed by atoms with van der Waals surface area (Å²) in [5.41, 5.74) is 2.17. The van der Waals surface area contributed by atoms with E-state index >= 15 is 0 Å². The van der Waals surface area contributed by atoms with Crippen molar-refractivity contribution in [2.24, 2.45) is 0 Å². The molecule has 0 saturated carbocycles. The van der Waals surface area contributed by atoms with Crippen molar-refractivity contribution in [3.05, 3.63) is 71.2 Å². The topological polar surface area (TPSA) is 53.4 Å². The zero-order chi connectivity index (χ0) is 18.1. The second kappa shape index (κ2) is 7.02. The first kappa shape index (κ1) is 16.9. The quantitative estimate of drug-likeness (QED) is 0.338. The van der Waals surface area contributed by atoms with E-state index in [1.54, 1.807) is 35.2 Å². The summed E-state index contributed by atoms with van der Waals surface area (Å²) in [6, 6.07) is 19.7. The molecule has 5 heteroatoms. The van der Waals surface area contributed by atoms with Crippen molar-refractivity contribution in [3.8, 4) is 22.1 Å². The molecular weight excluding hydrogens is 362 g/mol. The number of phenolic OH excluding ortho intramolecular Hbond substituents is 2. The first-order chi connectivity index (χ1) is 12.6. The molecule has 0 aliphatic heterocycles. The molecule has 0 spiro atoms. The molecule has 3 aromatic carbocycles. The highest BCUT2D eigenvalue weighted by molar-refractivity contribution is 7.98. The first-order valence-corrected chi connectivity index (χ1v) is 10.0. The third kappa shape index (κ3) is 3.41. The molecule has 0 fully saturated rings. The summed E-state index contributed by atoms with van der Waals surface area (Å²) < 4.78 is 0. The lowest BCUT2D eigenvalue weighted by Gasteiger charge is -2.03. The Bertz CT molecular complexity index is 1090. The number of aromatic nitrogens is 1. The lowest BCUT2D eigenvalue weighted by Crippen LogP contribution is -1.81. The fourth-order valence-electron chi connectivity index (χ4n) is 2.75. The lowest BCUT2D eigenvalue weighted by molar-refractivity contribution is 0.402. The second-order valence-corrected chi connectivity index (χ2v) is 8.16. The number of phenols is 2. The highest BCUT2D eigenvalue weighted by atomic mass is 32.2. The van der Waals surface area contributed by atoms with Crippen molar-refractivity contribution in [1.82, 2.24) is 4.98 Å². The van der Waals surface area contributed by atoms with Crippen LogP contribution in [0.2, 0.25) is 0 Å². The number of thiazole rings is 1. The van der Waals surface area contributed by atoms with Crippen LogP contribution in [0, 0.1) is 6.92 Å². The number of rotatable bonds is 4. The predicted molar refractivity (Wildman–Crippen MR) is 109 cm³/mol. The fourth-order valence-corrected chi connectivity index (χ4v) is 4.88. The summed E-state index contributed by atoms with van der Waals surface area (Å²) >= 11 is 3.32. The van der Waals surface area contributed by atoms with Gasteiger partial charge in [-0.05, 0) is 42.0 Å². The van der Waals surface area contributed by atoms with Gasteiger partial charge >= 0.3 is 0 Å². The number of aryl methyl sites for hydroxylation is 1. The van der Waals surface area contributed by atoms with Crippen LogP contribution in [-0.4, -0.2) is 15.2 Å². The Balaban J connectivity index is 1.57. The molecule has 1 aromatic heterocycles. The maximum absolute atomic E-state index is 9.62. The Morgan fingerprint density at radius 3 is 2.54 bits per heavy atom. The van der Waals surface area contributed by atoms with Crippen LogP contribution in [0.3, 0.4) is 0 Å². The van der Waals surface area contributed by atoms with Gasteiger partial charge in [0.05, 0.1) is 5.69 Å². The molecular formula is C21H17NO2S2. The van der Waals surface area contributed by atoms with E-state index in [9.17, 15) is 10.2 Å². The minimum Gasteiger partial charge on any atom is -0.504 e. The second-order valence-electron chi connectivity index (χ2n) is 6.03. The van der Waals surface area contributed by atoms with Crippen LogP contribution >= 0.6 is 23.1 Å². The van der Waals surface area contributed by atoms with Gasteiger partial charge in [-0.2, -0.15) is 0 Å². The van der Waals surface area contributed by atoms with Crippen molar-refractivity contribution in [2.45, 2.75) is 17.6 Å². The zero-order valence-corrected chi connectivity index (χ0v) is 15.8. The minimum atomic E-state index is -0.0955. The Kier molecular flexibility index (Phi) is 4.57. The molecule has 0 unspecified atom stereocenters. The van der Waals surface area contributed by atoms with E-state index in [1.807, 2.05) is 19.1 Å². The van der Waals surface area contributed by atoms with E-state index in [2.05, 4.69) is 30.3 Å². The molecule has 1 heterocycles. The molecule has 130 valence electrons. The number of aromatic hydroxyl groups is 2. The van der Waals surface area contributed by atoms with Crippen molar-refractivity contribution >= 4 is 33.9 Å². The molecule has 0 aliphatic rings. The van der Waals surface area contributed by atoms with E-state index in [0.717, 1.165) is 26.9 Å². The summed E-state index contributed by atoms with van der Waals surface area (Å²) in [5.74, 6) is 0.594. The van der Waals surface area contributed by atoms with Gasteiger partial charge in [0, 0.05) is 21.1 Å². The van der Waals surface area contributed by atoms with Crippen LogP contribution in [0.15, 0.2) is 65.6 Å². The monoisotopic (exact) mass is 379 g/mol. The largest absolute Gasteiger partial charge is 0.504 e. The summed E-state index contributed by atoms with van der Waals surface area (Å²) in [6.45, 7) is 2.03. The third-order valence-corrected chi connectivity index (χ3v) is 6.62. The van der Waals surface area contributed by atoms with Gasteiger partial charge in [0.2, 0.25) is 0 Å². The standard InChI is InChI=1S/C21H17NO2S2/c1-13-20(12-25-17-8-9-18(23)19(24)11-17)26-21(22-13)16-7-6-14-4-2-3-5-15(14)10-16/h2-11,23-24H,12H2,1H3. The average molecular weight is 380 g/mol. The number of thioether (sulfide) groups is 1. The summed E-state index contributed by atoms with van der Waals surface area (Å²) in [7, 11) is 0. The lowest BCUT2D eigenvalue weighted by atomic mass is 10.1. The van der Waals surface area contributed by atoms with Gasteiger partial charge in [-0.1, -0.05) is 36.4 Å². The predicted octanol–water partition coefficient (Wildman–Crippen LogP) is 5.98. The van der Waals surface area contributed by atoms with Gasteiger partial charge in [-0.25, -0.2) is 4.98 Å². The van der Waals surface area contributed by atoms with Crippen LogP contribution in [0.5, 0.6) is 11.5 Å². The van der Waals surface area contributed by atoms with E-state index in [0.29, 0.717) is 0 Å². The van der Waals surface area contributed by atoms with Crippen LogP contribution in [-0.2, 0) is 5.75 Å². The molecule has 2 N–H and O–H groups in total. The molecule has 0 aliphatic carbocycles. The van der Waals surface area contributed by atoms with Crippen molar-refractivity contribution in [2.75, 3.05) is 0 Å². The number of hydrogen-bond donors (Lipinski definition) is 2. The van der Waals surface area contributed by atoms with E-state index in [1.165, 1.54) is 21.7 Å². The SMILES string of the molecule is Cc1nc(-c2ccc3ccccc3c2)sc1CSc1ccc(O)c(O)c1. The maximum atomic E-state index is 9.62. The van der Waals surface area contributed by atoms with Crippen molar-refractivity contribution in [3.63, 3.8) is 0 Å². The molecule has 3 nitrogen and oxygen atoms in total. The van der Waals surface area contributed by atoms with Gasteiger partial charge < -0.3 is 10.2 Å².